The molecule has 118 valence electrons. The fourth-order valence-electron chi connectivity index (χ4n) is 3.20. The predicted octanol–water partition coefficient (Wildman–Crippen LogP) is 3.85. The van der Waals surface area contributed by atoms with Gasteiger partial charge in [-0.2, -0.15) is 0 Å². The van der Waals surface area contributed by atoms with Crippen LogP contribution in [0.4, 0.5) is 0 Å². The molecule has 1 unspecified atom stereocenters. The summed E-state index contributed by atoms with van der Waals surface area (Å²) in [4.78, 5) is 2.67. The van der Waals surface area contributed by atoms with Gasteiger partial charge in [0.1, 0.15) is 0 Å². The van der Waals surface area contributed by atoms with Crippen LogP contribution in [0.1, 0.15) is 51.2 Å². The second-order valence-corrected chi connectivity index (χ2v) is 6.93. The number of hydrogen-bond acceptors (Lipinski definition) is 2. The van der Waals surface area contributed by atoms with E-state index >= 15 is 0 Å². The van der Waals surface area contributed by atoms with E-state index in [9.17, 15) is 0 Å². The van der Waals surface area contributed by atoms with E-state index in [0.717, 1.165) is 25.6 Å². The maximum Gasteiger partial charge on any atom is 0.0239 e. The minimum Gasteiger partial charge on any atom is -0.316 e. The van der Waals surface area contributed by atoms with Crippen molar-refractivity contribution in [2.24, 2.45) is 5.92 Å². The van der Waals surface area contributed by atoms with Gasteiger partial charge in [-0.25, -0.2) is 0 Å². The summed E-state index contributed by atoms with van der Waals surface area (Å²) >= 11 is 0. The van der Waals surface area contributed by atoms with Crippen LogP contribution in [0.25, 0.3) is 0 Å². The Bertz CT molecular complexity index is 414. The van der Waals surface area contributed by atoms with Crippen molar-refractivity contribution in [2.75, 3.05) is 19.6 Å². The first-order valence-corrected chi connectivity index (χ1v) is 8.68. The van der Waals surface area contributed by atoms with E-state index in [1.165, 1.54) is 32.2 Å². The number of nitrogens with one attached hydrogen (secondary N) is 1. The van der Waals surface area contributed by atoms with Crippen LogP contribution in [0.15, 0.2) is 24.3 Å². The molecule has 1 aromatic rings. The largest absolute Gasteiger partial charge is 0.316 e. The van der Waals surface area contributed by atoms with Gasteiger partial charge in [-0.15, -0.1) is 0 Å². The Morgan fingerprint density at radius 1 is 1.14 bits per heavy atom. The highest BCUT2D eigenvalue weighted by Crippen LogP contribution is 2.21. The molecule has 1 atom stereocenters. The maximum absolute atomic E-state index is 3.55. The maximum atomic E-state index is 3.55. The molecule has 0 amide bonds. The summed E-state index contributed by atoms with van der Waals surface area (Å²) in [6.45, 7) is 11.6. The van der Waals surface area contributed by atoms with Crippen LogP contribution >= 0.6 is 0 Å². The fraction of sp³-hybridized carbons (Fsp3) is 0.684. The molecular weight excluding hydrogens is 256 g/mol. The number of benzene rings is 1. The molecular formula is C19H32N2. The molecule has 0 fully saturated rings. The first kappa shape index (κ1) is 16.5. The van der Waals surface area contributed by atoms with Crippen LogP contribution in [-0.4, -0.2) is 30.6 Å². The smallest absolute Gasteiger partial charge is 0.0239 e. The van der Waals surface area contributed by atoms with Gasteiger partial charge in [0.2, 0.25) is 0 Å². The second kappa shape index (κ2) is 8.55. The average molecular weight is 288 g/mol. The van der Waals surface area contributed by atoms with Crippen molar-refractivity contribution in [3.05, 3.63) is 35.4 Å². The van der Waals surface area contributed by atoms with Gasteiger partial charge >= 0.3 is 0 Å². The summed E-state index contributed by atoms with van der Waals surface area (Å²) in [6, 6.07) is 9.67. The number of aryl methyl sites for hydroxylation is 1. The van der Waals surface area contributed by atoms with Crippen LogP contribution in [0, 0.1) is 5.92 Å². The van der Waals surface area contributed by atoms with Gasteiger partial charge in [0, 0.05) is 12.6 Å². The Morgan fingerprint density at radius 3 is 2.67 bits per heavy atom. The molecule has 1 heterocycles. The predicted molar refractivity (Wildman–Crippen MR) is 91.6 cm³/mol. The Kier molecular flexibility index (Phi) is 6.72. The van der Waals surface area contributed by atoms with Gasteiger partial charge in [0.25, 0.3) is 0 Å². The first-order valence-electron chi connectivity index (χ1n) is 8.68. The lowest BCUT2D eigenvalue weighted by molar-refractivity contribution is 0.191. The van der Waals surface area contributed by atoms with Crippen molar-refractivity contribution in [1.29, 1.82) is 0 Å². The van der Waals surface area contributed by atoms with Gasteiger partial charge in [-0.1, -0.05) is 38.1 Å². The first-order chi connectivity index (χ1) is 10.2. The SMILES string of the molecule is CC(C)CNCCCC(C)N1CCCc2ccccc2C1. The molecule has 1 aliphatic heterocycles. The van der Waals surface area contributed by atoms with E-state index in [0.29, 0.717) is 6.04 Å². The molecule has 0 radical (unpaired) electrons. The van der Waals surface area contributed by atoms with Gasteiger partial charge < -0.3 is 5.32 Å². The highest BCUT2D eigenvalue weighted by molar-refractivity contribution is 5.28. The molecule has 1 aromatic carbocycles. The van der Waals surface area contributed by atoms with Crippen molar-refractivity contribution in [1.82, 2.24) is 10.2 Å². The normalized spacial score (nSPS) is 17.5. The molecule has 2 rings (SSSR count). The average Bonchev–Trinajstić information content (AvgIpc) is 2.68. The van der Waals surface area contributed by atoms with E-state index in [4.69, 9.17) is 0 Å². The van der Waals surface area contributed by atoms with E-state index in [1.54, 1.807) is 11.1 Å². The molecule has 0 aromatic heterocycles. The van der Waals surface area contributed by atoms with Crippen molar-refractivity contribution < 1.29 is 0 Å². The second-order valence-electron chi connectivity index (χ2n) is 6.93. The molecule has 0 saturated heterocycles. The number of nitrogens with zero attached hydrogens (tertiary/aromatic N) is 1. The third-order valence-electron chi connectivity index (χ3n) is 4.53. The minimum absolute atomic E-state index is 0.692. The topological polar surface area (TPSA) is 15.3 Å². The molecule has 0 aliphatic carbocycles. The fourth-order valence-corrected chi connectivity index (χ4v) is 3.20. The lowest BCUT2D eigenvalue weighted by atomic mass is 10.0. The summed E-state index contributed by atoms with van der Waals surface area (Å²) < 4.78 is 0. The Hall–Kier alpha value is -0.860. The van der Waals surface area contributed by atoms with Crippen LogP contribution < -0.4 is 5.32 Å². The monoisotopic (exact) mass is 288 g/mol. The van der Waals surface area contributed by atoms with E-state index < -0.39 is 0 Å². The Labute approximate surface area is 130 Å². The van der Waals surface area contributed by atoms with Crippen molar-refractivity contribution in [2.45, 2.75) is 59.0 Å². The summed E-state index contributed by atoms with van der Waals surface area (Å²) in [5.41, 5.74) is 3.10. The summed E-state index contributed by atoms with van der Waals surface area (Å²) in [5, 5.41) is 3.55. The molecule has 21 heavy (non-hydrogen) atoms. The van der Waals surface area contributed by atoms with Crippen LogP contribution in [0.5, 0.6) is 0 Å². The molecule has 0 bridgehead atoms. The van der Waals surface area contributed by atoms with Crippen LogP contribution in [-0.2, 0) is 13.0 Å². The molecule has 2 nitrogen and oxygen atoms in total. The van der Waals surface area contributed by atoms with Gasteiger partial charge in [-0.3, -0.25) is 4.90 Å². The molecule has 1 N–H and O–H groups in total. The Morgan fingerprint density at radius 2 is 1.90 bits per heavy atom. The molecule has 1 aliphatic rings. The van der Waals surface area contributed by atoms with Crippen LogP contribution in [0.2, 0.25) is 0 Å². The summed E-state index contributed by atoms with van der Waals surface area (Å²) in [6.07, 6.45) is 5.13. The lowest BCUT2D eigenvalue weighted by Gasteiger charge is -2.28. The zero-order valence-corrected chi connectivity index (χ0v) is 14.1. The summed E-state index contributed by atoms with van der Waals surface area (Å²) in [5.74, 6) is 0.754. The standard InChI is InChI=1S/C19H32N2/c1-16(2)14-20-12-6-8-17(3)21-13-7-11-18-9-4-5-10-19(18)15-21/h4-5,9-10,16-17,20H,6-8,11-15H2,1-3H3. The quantitative estimate of drug-likeness (QED) is 0.767. The van der Waals surface area contributed by atoms with E-state index in [1.807, 2.05) is 0 Å². The Balaban J connectivity index is 1.76. The van der Waals surface area contributed by atoms with Gasteiger partial charge in [-0.05, 0) is 69.3 Å². The molecule has 2 heteroatoms. The zero-order chi connectivity index (χ0) is 15.1. The van der Waals surface area contributed by atoms with Crippen molar-refractivity contribution in [3.8, 4) is 0 Å². The number of rotatable bonds is 7. The highest BCUT2D eigenvalue weighted by atomic mass is 15.1. The third-order valence-corrected chi connectivity index (χ3v) is 4.53. The van der Waals surface area contributed by atoms with E-state index in [-0.39, 0.29) is 0 Å². The van der Waals surface area contributed by atoms with Crippen molar-refractivity contribution >= 4 is 0 Å². The molecule has 0 saturated carbocycles. The van der Waals surface area contributed by atoms with Crippen molar-refractivity contribution in [3.63, 3.8) is 0 Å². The highest BCUT2D eigenvalue weighted by Gasteiger charge is 2.18. The van der Waals surface area contributed by atoms with E-state index in [2.05, 4.69) is 55.3 Å². The number of hydrogen-bond donors (Lipinski definition) is 1. The summed E-state index contributed by atoms with van der Waals surface area (Å²) in [7, 11) is 0. The van der Waals surface area contributed by atoms with Gasteiger partial charge in [0.15, 0.2) is 0 Å². The zero-order valence-electron chi connectivity index (χ0n) is 14.1. The lowest BCUT2D eigenvalue weighted by Crippen LogP contribution is -2.33. The minimum atomic E-state index is 0.692. The number of fused-ring (bicyclic) bond motifs is 1. The third kappa shape index (κ3) is 5.44. The van der Waals surface area contributed by atoms with Crippen LogP contribution in [0.3, 0.4) is 0 Å². The molecule has 0 spiro atoms. The van der Waals surface area contributed by atoms with Gasteiger partial charge in [0.05, 0.1) is 0 Å².